The number of hydrogen-bond donors (Lipinski definition) is 2. The molecule has 1 aromatic rings. The summed E-state index contributed by atoms with van der Waals surface area (Å²) in [6.45, 7) is 1.22. The number of rotatable bonds is 7. The van der Waals surface area contributed by atoms with Crippen LogP contribution in [0.5, 0.6) is 5.75 Å². The van der Waals surface area contributed by atoms with E-state index < -0.39 is 0 Å². The van der Waals surface area contributed by atoms with Crippen LogP contribution in [0, 0.1) is 11.8 Å². The number of ether oxygens (including phenoxy) is 1. The smallest absolute Gasteiger partial charge is 0.255 e. The molecule has 3 N–H and O–H groups in total. The van der Waals surface area contributed by atoms with Crippen LogP contribution in [0.3, 0.4) is 0 Å². The summed E-state index contributed by atoms with van der Waals surface area (Å²) in [4.78, 5) is 12.7. The third-order valence-corrected chi connectivity index (χ3v) is 5.09. The van der Waals surface area contributed by atoms with Crippen LogP contribution in [0.15, 0.2) is 24.3 Å². The predicted octanol–water partition coefficient (Wildman–Crippen LogP) is 3.11. The van der Waals surface area contributed by atoms with Gasteiger partial charge < -0.3 is 15.8 Å². The molecule has 0 heterocycles. The van der Waals surface area contributed by atoms with Crippen LogP contribution in [0.2, 0.25) is 0 Å². The van der Waals surface area contributed by atoms with Gasteiger partial charge in [0, 0.05) is 12.6 Å². The van der Waals surface area contributed by atoms with Crippen LogP contribution in [0.4, 0.5) is 0 Å². The number of nitrogens with two attached hydrogens (primary N) is 1. The lowest BCUT2D eigenvalue weighted by atomic mass is 9.84. The molecule has 1 amide bonds. The third kappa shape index (κ3) is 4.47. The fraction of sp³-hybridized carbons (Fsp3) is 0.632. The van der Waals surface area contributed by atoms with Crippen LogP contribution in [-0.2, 0) is 0 Å². The monoisotopic (exact) mass is 316 g/mol. The molecule has 4 nitrogen and oxygen atoms in total. The zero-order valence-corrected chi connectivity index (χ0v) is 13.8. The van der Waals surface area contributed by atoms with Gasteiger partial charge in [0.2, 0.25) is 0 Å². The first-order valence-corrected chi connectivity index (χ1v) is 9.00. The third-order valence-electron chi connectivity index (χ3n) is 5.09. The summed E-state index contributed by atoms with van der Waals surface area (Å²) in [6, 6.07) is 7.60. The van der Waals surface area contributed by atoms with Gasteiger partial charge in [-0.2, -0.15) is 0 Å². The summed E-state index contributed by atoms with van der Waals surface area (Å²) in [5.74, 6) is 1.82. The molecule has 1 aromatic carbocycles. The Morgan fingerprint density at radius 2 is 1.91 bits per heavy atom. The molecular weight excluding hydrogens is 288 g/mol. The number of benzene rings is 1. The van der Waals surface area contributed by atoms with E-state index in [4.69, 9.17) is 10.5 Å². The lowest BCUT2D eigenvalue weighted by molar-refractivity contribution is 0.0911. The van der Waals surface area contributed by atoms with E-state index in [0.29, 0.717) is 36.3 Å². The number of hydrogen-bond acceptors (Lipinski definition) is 3. The fourth-order valence-corrected chi connectivity index (χ4v) is 3.42. The number of carbonyl (C=O) groups excluding carboxylic acids is 1. The predicted molar refractivity (Wildman–Crippen MR) is 91.5 cm³/mol. The molecule has 0 aromatic heterocycles. The van der Waals surface area contributed by atoms with Gasteiger partial charge in [0.15, 0.2) is 0 Å². The van der Waals surface area contributed by atoms with Gasteiger partial charge in [-0.25, -0.2) is 0 Å². The van der Waals surface area contributed by atoms with Crippen molar-refractivity contribution in [2.24, 2.45) is 17.6 Å². The van der Waals surface area contributed by atoms with E-state index in [9.17, 15) is 4.79 Å². The maximum absolute atomic E-state index is 12.7. The molecule has 2 aliphatic carbocycles. The number of carbonyl (C=O) groups is 1. The molecule has 3 rings (SSSR count). The molecule has 0 bridgehead atoms. The standard InChI is InChI=1S/C19H28N2O2/c20-12-17(15-6-2-1-3-7-15)21-19(22)16-8-4-5-9-18(16)23-13-14-10-11-14/h4-5,8-9,14-15,17H,1-3,6-7,10-13,20H2,(H,21,22). The second kappa shape index (κ2) is 7.82. The SMILES string of the molecule is NCC(NC(=O)c1ccccc1OCC1CC1)C1CCCCC1. The molecule has 0 radical (unpaired) electrons. The second-order valence-electron chi connectivity index (χ2n) is 6.96. The minimum absolute atomic E-state index is 0.0579. The summed E-state index contributed by atoms with van der Waals surface area (Å²) in [5.41, 5.74) is 6.56. The van der Waals surface area contributed by atoms with Crippen LogP contribution >= 0.6 is 0 Å². The maximum Gasteiger partial charge on any atom is 0.255 e. The first-order valence-electron chi connectivity index (χ1n) is 9.00. The molecule has 2 aliphatic rings. The first-order chi connectivity index (χ1) is 11.3. The lowest BCUT2D eigenvalue weighted by Gasteiger charge is -2.30. The van der Waals surface area contributed by atoms with Gasteiger partial charge in [0.1, 0.15) is 5.75 Å². The van der Waals surface area contributed by atoms with E-state index >= 15 is 0 Å². The average Bonchev–Trinajstić information content (AvgIpc) is 3.43. The van der Waals surface area contributed by atoms with Gasteiger partial charge in [0.25, 0.3) is 5.91 Å². The average molecular weight is 316 g/mol. The van der Waals surface area contributed by atoms with Crippen molar-refractivity contribution in [2.45, 2.75) is 51.0 Å². The lowest BCUT2D eigenvalue weighted by Crippen LogP contribution is -2.46. The van der Waals surface area contributed by atoms with Gasteiger partial charge in [-0.1, -0.05) is 31.4 Å². The minimum atomic E-state index is -0.0579. The molecule has 4 heteroatoms. The maximum atomic E-state index is 12.7. The molecule has 1 atom stereocenters. The highest BCUT2D eigenvalue weighted by Crippen LogP contribution is 2.30. The van der Waals surface area contributed by atoms with Crippen molar-refractivity contribution in [3.8, 4) is 5.75 Å². The van der Waals surface area contributed by atoms with Crippen molar-refractivity contribution >= 4 is 5.91 Å². The Labute approximate surface area is 138 Å². The normalized spacial score (nSPS) is 20.0. The number of nitrogens with one attached hydrogen (secondary N) is 1. The highest BCUT2D eigenvalue weighted by molar-refractivity contribution is 5.97. The van der Waals surface area contributed by atoms with Gasteiger partial charge >= 0.3 is 0 Å². The molecule has 0 spiro atoms. The summed E-state index contributed by atoms with van der Waals surface area (Å²) in [7, 11) is 0. The highest BCUT2D eigenvalue weighted by atomic mass is 16.5. The Morgan fingerprint density at radius 1 is 1.17 bits per heavy atom. The first kappa shape index (κ1) is 16.3. The Bertz CT molecular complexity index is 522. The van der Waals surface area contributed by atoms with E-state index in [-0.39, 0.29) is 11.9 Å². The van der Waals surface area contributed by atoms with Gasteiger partial charge in [0.05, 0.1) is 12.2 Å². The molecule has 2 fully saturated rings. The number of amides is 1. The quantitative estimate of drug-likeness (QED) is 0.812. The molecule has 23 heavy (non-hydrogen) atoms. The van der Waals surface area contributed by atoms with Crippen molar-refractivity contribution in [2.75, 3.05) is 13.2 Å². The van der Waals surface area contributed by atoms with Gasteiger partial charge in [-0.3, -0.25) is 4.79 Å². The van der Waals surface area contributed by atoms with Gasteiger partial charge in [-0.05, 0) is 49.7 Å². The van der Waals surface area contributed by atoms with Crippen LogP contribution < -0.4 is 15.8 Å². The van der Waals surface area contributed by atoms with E-state index in [1.165, 1.54) is 44.9 Å². The molecule has 0 aliphatic heterocycles. The van der Waals surface area contributed by atoms with E-state index in [1.54, 1.807) is 0 Å². The Morgan fingerprint density at radius 3 is 2.61 bits per heavy atom. The highest BCUT2D eigenvalue weighted by Gasteiger charge is 2.26. The Kier molecular flexibility index (Phi) is 5.55. The van der Waals surface area contributed by atoms with E-state index in [0.717, 1.165) is 0 Å². The van der Waals surface area contributed by atoms with Crippen molar-refractivity contribution in [1.82, 2.24) is 5.32 Å². The number of para-hydroxylation sites is 1. The largest absolute Gasteiger partial charge is 0.492 e. The molecule has 2 saturated carbocycles. The van der Waals surface area contributed by atoms with Crippen LogP contribution in [-0.4, -0.2) is 25.1 Å². The summed E-state index contributed by atoms with van der Waals surface area (Å²) < 4.78 is 5.85. The van der Waals surface area contributed by atoms with E-state index in [2.05, 4.69) is 5.32 Å². The Hall–Kier alpha value is -1.55. The molecule has 1 unspecified atom stereocenters. The minimum Gasteiger partial charge on any atom is -0.492 e. The topological polar surface area (TPSA) is 64.3 Å². The van der Waals surface area contributed by atoms with Crippen LogP contribution in [0.1, 0.15) is 55.3 Å². The van der Waals surface area contributed by atoms with Gasteiger partial charge in [-0.15, -0.1) is 0 Å². The molecule has 126 valence electrons. The zero-order valence-electron chi connectivity index (χ0n) is 13.8. The van der Waals surface area contributed by atoms with Crippen molar-refractivity contribution in [1.29, 1.82) is 0 Å². The molecular formula is C19H28N2O2. The second-order valence-corrected chi connectivity index (χ2v) is 6.96. The van der Waals surface area contributed by atoms with Crippen LogP contribution in [0.25, 0.3) is 0 Å². The zero-order chi connectivity index (χ0) is 16.1. The molecule has 0 saturated heterocycles. The van der Waals surface area contributed by atoms with Crippen molar-refractivity contribution in [3.63, 3.8) is 0 Å². The fourth-order valence-electron chi connectivity index (χ4n) is 3.42. The van der Waals surface area contributed by atoms with Crippen molar-refractivity contribution in [3.05, 3.63) is 29.8 Å². The van der Waals surface area contributed by atoms with Crippen molar-refractivity contribution < 1.29 is 9.53 Å². The van der Waals surface area contributed by atoms with E-state index in [1.807, 2.05) is 24.3 Å². The Balaban J connectivity index is 1.63. The summed E-state index contributed by atoms with van der Waals surface area (Å²) >= 11 is 0. The summed E-state index contributed by atoms with van der Waals surface area (Å²) in [6.07, 6.45) is 8.62. The summed E-state index contributed by atoms with van der Waals surface area (Å²) in [5, 5.41) is 3.15.